The highest BCUT2D eigenvalue weighted by Crippen LogP contribution is 2.53. The molecule has 1 aromatic rings. The quantitative estimate of drug-likeness (QED) is 0.512. The third kappa shape index (κ3) is 3.69. The van der Waals surface area contributed by atoms with Gasteiger partial charge < -0.3 is 24.4 Å². The highest BCUT2D eigenvalue weighted by atomic mass is 16.6. The highest BCUT2D eigenvalue weighted by molar-refractivity contribution is 6.06. The number of amides is 2. The molecule has 5 rings (SSSR count). The van der Waals surface area contributed by atoms with Gasteiger partial charge in [-0.15, -0.1) is 0 Å². The van der Waals surface area contributed by atoms with E-state index in [0.717, 1.165) is 36.1 Å². The van der Waals surface area contributed by atoms with E-state index in [9.17, 15) is 19.5 Å². The monoisotopic (exact) mass is 494 g/mol. The first-order valence-electron chi connectivity index (χ1n) is 12.8. The normalized spacial score (nSPS) is 33.9. The molecule has 2 amide bonds. The molecule has 2 fully saturated rings. The highest BCUT2D eigenvalue weighted by Gasteiger charge is 2.72. The smallest absolute Gasteiger partial charge is 0.312 e. The number of allylic oxidation sites excluding steroid dienone is 1. The lowest BCUT2D eigenvalue weighted by Gasteiger charge is -2.38. The van der Waals surface area contributed by atoms with Gasteiger partial charge in [-0.25, -0.2) is 0 Å². The minimum absolute atomic E-state index is 0.283. The summed E-state index contributed by atoms with van der Waals surface area (Å²) in [5.74, 6) is -2.91. The second-order valence-corrected chi connectivity index (χ2v) is 10.3. The molecule has 0 radical (unpaired) electrons. The van der Waals surface area contributed by atoms with Crippen LogP contribution in [-0.4, -0.2) is 71.3 Å². The van der Waals surface area contributed by atoms with E-state index < -0.39 is 41.6 Å². The molecule has 4 aliphatic rings. The average Bonchev–Trinajstić information content (AvgIpc) is 3.25. The van der Waals surface area contributed by atoms with Crippen LogP contribution in [-0.2, 0) is 23.9 Å². The molecule has 1 spiro atoms. The zero-order valence-corrected chi connectivity index (χ0v) is 21.1. The summed E-state index contributed by atoms with van der Waals surface area (Å²) in [6.45, 7) is 5.90. The van der Waals surface area contributed by atoms with Crippen molar-refractivity contribution in [2.24, 2.45) is 11.8 Å². The first-order chi connectivity index (χ1) is 17.3. The van der Waals surface area contributed by atoms with Crippen LogP contribution in [0.25, 0.3) is 0 Å². The molecular formula is C28H34N2O6. The number of cyclic esters (lactones) is 1. The molecular weight excluding hydrogens is 460 g/mol. The van der Waals surface area contributed by atoms with Gasteiger partial charge in [-0.05, 0) is 51.2 Å². The summed E-state index contributed by atoms with van der Waals surface area (Å²) >= 11 is 0. The molecule has 1 unspecified atom stereocenters. The summed E-state index contributed by atoms with van der Waals surface area (Å²) in [7, 11) is 0. The maximum absolute atomic E-state index is 14.4. The lowest BCUT2D eigenvalue weighted by molar-refractivity contribution is -0.155. The van der Waals surface area contributed by atoms with E-state index in [-0.39, 0.29) is 18.4 Å². The predicted molar refractivity (Wildman–Crippen MR) is 133 cm³/mol. The van der Waals surface area contributed by atoms with Crippen molar-refractivity contribution in [1.82, 2.24) is 4.90 Å². The Kier molecular flexibility index (Phi) is 6.51. The Balaban J connectivity index is 1.65. The van der Waals surface area contributed by atoms with E-state index in [0.29, 0.717) is 13.2 Å². The van der Waals surface area contributed by atoms with Crippen LogP contribution in [0.4, 0.5) is 5.69 Å². The van der Waals surface area contributed by atoms with Crippen molar-refractivity contribution in [3.05, 3.63) is 53.6 Å². The molecule has 2 saturated heterocycles. The summed E-state index contributed by atoms with van der Waals surface area (Å²) in [6, 6.07) is 4.21. The van der Waals surface area contributed by atoms with Gasteiger partial charge >= 0.3 is 5.97 Å². The van der Waals surface area contributed by atoms with Gasteiger partial charge in [0.2, 0.25) is 5.91 Å². The Hall–Kier alpha value is -2.97. The Morgan fingerprint density at radius 3 is 2.58 bits per heavy atom. The number of likely N-dealkylation sites (tertiary alicyclic amines) is 1. The zero-order valence-electron chi connectivity index (χ0n) is 21.1. The van der Waals surface area contributed by atoms with E-state index in [1.165, 1.54) is 4.90 Å². The number of hydrogen-bond donors (Lipinski definition) is 1. The number of rotatable bonds is 3. The zero-order chi connectivity index (χ0) is 25.6. The third-order valence-corrected chi connectivity index (χ3v) is 7.99. The summed E-state index contributed by atoms with van der Waals surface area (Å²) in [6.07, 6.45) is 9.30. The first-order valence-corrected chi connectivity index (χ1v) is 12.8. The predicted octanol–water partition coefficient (Wildman–Crippen LogP) is 2.45. The second kappa shape index (κ2) is 9.48. The van der Waals surface area contributed by atoms with E-state index in [1.54, 1.807) is 11.8 Å². The lowest BCUT2D eigenvalue weighted by atomic mass is 9.78. The summed E-state index contributed by atoms with van der Waals surface area (Å²) < 4.78 is 12.2. The number of para-hydroxylation sites is 1. The Bertz CT molecular complexity index is 1110. The number of benzene rings is 1. The molecule has 36 heavy (non-hydrogen) atoms. The molecule has 4 aliphatic heterocycles. The van der Waals surface area contributed by atoms with Gasteiger partial charge in [0.25, 0.3) is 5.91 Å². The molecule has 0 bridgehead atoms. The molecule has 1 N–H and O–H groups in total. The number of carbonyl (C=O) groups excluding carboxylic acids is 3. The van der Waals surface area contributed by atoms with Crippen molar-refractivity contribution in [2.75, 3.05) is 24.7 Å². The van der Waals surface area contributed by atoms with Crippen LogP contribution in [0.3, 0.4) is 0 Å². The van der Waals surface area contributed by atoms with Gasteiger partial charge in [0.1, 0.15) is 17.6 Å². The van der Waals surface area contributed by atoms with Crippen LogP contribution < -0.4 is 4.90 Å². The summed E-state index contributed by atoms with van der Waals surface area (Å²) in [5, 5.41) is 10.0. The molecule has 4 heterocycles. The van der Waals surface area contributed by atoms with Crippen LogP contribution in [0.1, 0.15) is 37.3 Å². The van der Waals surface area contributed by atoms with Crippen molar-refractivity contribution in [2.45, 2.75) is 63.8 Å². The average molecular weight is 495 g/mol. The Morgan fingerprint density at radius 1 is 1.11 bits per heavy atom. The number of hydrogen-bond acceptors (Lipinski definition) is 6. The summed E-state index contributed by atoms with van der Waals surface area (Å²) in [4.78, 5) is 44.8. The van der Waals surface area contributed by atoms with Crippen molar-refractivity contribution in [1.29, 1.82) is 0 Å². The first kappa shape index (κ1) is 24.7. The molecule has 0 saturated carbocycles. The maximum atomic E-state index is 14.4. The number of nitrogens with zero attached hydrogens (tertiary/aromatic N) is 2. The molecule has 6 atom stereocenters. The third-order valence-electron chi connectivity index (χ3n) is 7.99. The van der Waals surface area contributed by atoms with E-state index in [2.05, 4.69) is 0 Å². The van der Waals surface area contributed by atoms with Gasteiger partial charge in [-0.3, -0.25) is 14.4 Å². The van der Waals surface area contributed by atoms with Crippen LogP contribution in [0.5, 0.6) is 0 Å². The molecule has 0 aliphatic carbocycles. The topological polar surface area (TPSA) is 96.4 Å². The molecule has 8 nitrogen and oxygen atoms in total. The van der Waals surface area contributed by atoms with Crippen LogP contribution >= 0.6 is 0 Å². The van der Waals surface area contributed by atoms with E-state index >= 15 is 0 Å². The van der Waals surface area contributed by atoms with E-state index in [4.69, 9.17) is 9.47 Å². The van der Waals surface area contributed by atoms with Gasteiger partial charge in [0, 0.05) is 12.2 Å². The number of ether oxygens (including phenoxy) is 2. The molecule has 192 valence electrons. The number of esters is 1. The second-order valence-electron chi connectivity index (χ2n) is 10.3. The molecule has 8 heteroatoms. The largest absolute Gasteiger partial charge is 0.465 e. The maximum Gasteiger partial charge on any atom is 0.312 e. The molecule has 1 aromatic carbocycles. The number of fused-ring (bicyclic) bond motifs is 2. The Labute approximate surface area is 211 Å². The van der Waals surface area contributed by atoms with Crippen LogP contribution in [0.15, 0.2) is 42.5 Å². The van der Waals surface area contributed by atoms with Crippen molar-refractivity contribution < 1.29 is 29.0 Å². The minimum Gasteiger partial charge on any atom is -0.465 e. The van der Waals surface area contributed by atoms with Crippen molar-refractivity contribution in [3.63, 3.8) is 0 Å². The summed E-state index contributed by atoms with van der Waals surface area (Å²) in [5.41, 5.74) is 1.36. The van der Waals surface area contributed by atoms with E-state index in [1.807, 2.05) is 56.4 Å². The fourth-order valence-electron chi connectivity index (χ4n) is 6.35. The minimum atomic E-state index is -1.34. The van der Waals surface area contributed by atoms with Crippen LogP contribution in [0, 0.1) is 25.7 Å². The number of aliphatic hydroxyl groups is 1. The van der Waals surface area contributed by atoms with Crippen molar-refractivity contribution in [3.8, 4) is 0 Å². The van der Waals surface area contributed by atoms with Gasteiger partial charge in [-0.2, -0.15) is 0 Å². The Morgan fingerprint density at radius 2 is 1.86 bits per heavy atom. The van der Waals surface area contributed by atoms with Gasteiger partial charge in [-0.1, -0.05) is 42.5 Å². The van der Waals surface area contributed by atoms with Crippen molar-refractivity contribution >= 4 is 23.5 Å². The van der Waals surface area contributed by atoms with Gasteiger partial charge in [0.05, 0.1) is 31.3 Å². The lowest BCUT2D eigenvalue weighted by Crippen LogP contribution is -2.58. The SMILES string of the molecule is Cc1cccc(C)c1N1CC=C[C@]23O[C@@H]4/C=C\CCCCOC(=O)[C@@H]4[C@H]2C(=O)N([C@H](C)CO)C3C1=O. The molecule has 0 aromatic heterocycles. The fraction of sp³-hybridized carbons (Fsp3) is 0.536. The van der Waals surface area contributed by atoms with Crippen LogP contribution in [0.2, 0.25) is 0 Å². The number of aliphatic hydroxyl groups excluding tert-OH is 1. The number of aryl methyl sites for hydroxylation is 2. The number of carbonyl (C=O) groups is 3. The van der Waals surface area contributed by atoms with Gasteiger partial charge in [0.15, 0.2) is 0 Å². The fourth-order valence-corrected chi connectivity index (χ4v) is 6.35. The standard InChI is InChI=1S/C28H34N2O6/c1-17-10-8-11-18(2)23(17)29-14-9-13-28-22(25(32)30(19(3)16-31)24(28)26(29)33)21-20(36-28)12-6-4-5-7-15-35-27(21)34/h6,8-13,19-22,24,31H,4-5,7,14-16H2,1-3H3/b12-6-/t19-,20-,21+,22+,24?,28+/m1/s1. The number of anilines is 1.